The van der Waals surface area contributed by atoms with E-state index in [-0.39, 0.29) is 11.9 Å². The Hall–Kier alpha value is -2.34. The van der Waals surface area contributed by atoms with E-state index >= 15 is 0 Å². The molecule has 6 heteroatoms. The third-order valence-electron chi connectivity index (χ3n) is 3.65. The summed E-state index contributed by atoms with van der Waals surface area (Å²) < 4.78 is 0. The van der Waals surface area contributed by atoms with Gasteiger partial charge in [0.1, 0.15) is 0 Å². The molecular formula is C19H26N4OS. The largest absolute Gasteiger partial charge is 0.355 e. The highest BCUT2D eigenvalue weighted by Crippen LogP contribution is 2.16. The van der Waals surface area contributed by atoms with E-state index < -0.39 is 0 Å². The number of nitrogens with zero attached hydrogens (tertiary/aromatic N) is 1. The molecule has 1 unspecified atom stereocenters. The number of hydrogen-bond donors (Lipinski definition) is 3. The summed E-state index contributed by atoms with van der Waals surface area (Å²) in [6.45, 7) is 5.41. The van der Waals surface area contributed by atoms with E-state index in [1.54, 1.807) is 19.2 Å². The molecule has 0 spiro atoms. The number of thiophene rings is 1. The number of aryl methyl sites for hydroxylation is 1. The van der Waals surface area contributed by atoms with Crippen molar-refractivity contribution in [2.45, 2.75) is 26.3 Å². The maximum atomic E-state index is 12.0. The highest BCUT2D eigenvalue weighted by atomic mass is 32.1. The van der Waals surface area contributed by atoms with Crippen molar-refractivity contribution < 1.29 is 4.79 Å². The van der Waals surface area contributed by atoms with Crippen molar-refractivity contribution in [3.8, 4) is 0 Å². The van der Waals surface area contributed by atoms with Crippen LogP contribution in [-0.2, 0) is 6.42 Å². The van der Waals surface area contributed by atoms with Crippen LogP contribution >= 0.6 is 11.3 Å². The molecule has 134 valence electrons. The number of benzene rings is 1. The molecule has 1 amide bonds. The smallest absolute Gasteiger partial charge is 0.251 e. The van der Waals surface area contributed by atoms with Crippen molar-refractivity contribution in [2.75, 3.05) is 20.1 Å². The van der Waals surface area contributed by atoms with E-state index in [0.29, 0.717) is 18.7 Å². The zero-order chi connectivity index (χ0) is 18.1. The van der Waals surface area contributed by atoms with Crippen LogP contribution in [0.15, 0.2) is 47.5 Å². The molecule has 0 aliphatic heterocycles. The molecule has 1 aromatic heterocycles. The van der Waals surface area contributed by atoms with Gasteiger partial charge in [-0.15, -0.1) is 11.3 Å². The first-order valence-electron chi connectivity index (χ1n) is 8.44. The summed E-state index contributed by atoms with van der Waals surface area (Å²) >= 11 is 1.83. The Morgan fingerprint density at radius 3 is 2.48 bits per heavy atom. The monoisotopic (exact) mass is 358 g/mol. The molecule has 3 N–H and O–H groups in total. The first kappa shape index (κ1) is 19.0. The molecule has 25 heavy (non-hydrogen) atoms. The molecule has 0 radical (unpaired) electrons. The summed E-state index contributed by atoms with van der Waals surface area (Å²) in [5.41, 5.74) is 0.671. The lowest BCUT2D eigenvalue weighted by molar-refractivity contribution is 0.0954. The summed E-state index contributed by atoms with van der Waals surface area (Å²) in [7, 11) is 1.75. The fraction of sp³-hybridized carbons (Fsp3) is 0.368. The number of amides is 1. The van der Waals surface area contributed by atoms with Gasteiger partial charge in [-0.25, -0.2) is 0 Å². The van der Waals surface area contributed by atoms with Crippen LogP contribution in [0, 0.1) is 6.92 Å². The summed E-state index contributed by atoms with van der Waals surface area (Å²) in [6, 6.07) is 13.8. The van der Waals surface area contributed by atoms with Crippen molar-refractivity contribution in [1.29, 1.82) is 0 Å². The van der Waals surface area contributed by atoms with Gasteiger partial charge in [0.25, 0.3) is 5.91 Å². The van der Waals surface area contributed by atoms with Gasteiger partial charge in [0.15, 0.2) is 5.96 Å². The molecule has 0 fully saturated rings. The predicted molar refractivity (Wildman–Crippen MR) is 105 cm³/mol. The quantitative estimate of drug-likeness (QED) is 0.405. The van der Waals surface area contributed by atoms with Crippen molar-refractivity contribution in [3.63, 3.8) is 0 Å². The van der Waals surface area contributed by atoms with Crippen LogP contribution in [0.3, 0.4) is 0 Å². The van der Waals surface area contributed by atoms with Gasteiger partial charge in [0, 0.05) is 47.9 Å². The Balaban J connectivity index is 1.68. The summed E-state index contributed by atoms with van der Waals surface area (Å²) in [6.07, 6.45) is 0.962. The number of nitrogens with one attached hydrogen (secondary N) is 3. The minimum absolute atomic E-state index is 0.0632. The highest BCUT2D eigenvalue weighted by Gasteiger charge is 2.08. The number of rotatable bonds is 7. The molecule has 1 aromatic carbocycles. The van der Waals surface area contributed by atoms with E-state index in [1.807, 2.05) is 29.5 Å². The Bertz CT molecular complexity index is 696. The van der Waals surface area contributed by atoms with E-state index in [9.17, 15) is 4.79 Å². The van der Waals surface area contributed by atoms with Gasteiger partial charge in [-0.2, -0.15) is 0 Å². The van der Waals surface area contributed by atoms with Crippen LogP contribution in [0.5, 0.6) is 0 Å². The molecule has 0 bridgehead atoms. The summed E-state index contributed by atoms with van der Waals surface area (Å²) in [5.74, 6) is 0.682. The Labute approximate surface area is 153 Å². The zero-order valence-corrected chi connectivity index (χ0v) is 15.8. The van der Waals surface area contributed by atoms with Crippen LogP contribution in [0.1, 0.15) is 27.0 Å². The Morgan fingerprint density at radius 2 is 1.84 bits per heavy atom. The van der Waals surface area contributed by atoms with Crippen LogP contribution in [0.25, 0.3) is 0 Å². The maximum absolute atomic E-state index is 12.0. The van der Waals surface area contributed by atoms with Gasteiger partial charge in [-0.1, -0.05) is 18.2 Å². The van der Waals surface area contributed by atoms with E-state index in [1.165, 1.54) is 9.75 Å². The van der Waals surface area contributed by atoms with Crippen LogP contribution in [0.2, 0.25) is 0 Å². The van der Waals surface area contributed by atoms with Crippen LogP contribution in [0.4, 0.5) is 0 Å². The zero-order valence-electron chi connectivity index (χ0n) is 15.0. The normalized spacial score (nSPS) is 12.5. The molecule has 2 aromatic rings. The molecule has 0 saturated heterocycles. The second-order valence-electron chi connectivity index (χ2n) is 5.88. The Kier molecular flexibility index (Phi) is 7.47. The number of carbonyl (C=O) groups excluding carboxylic acids is 1. The fourth-order valence-corrected chi connectivity index (χ4v) is 3.44. The van der Waals surface area contributed by atoms with Gasteiger partial charge in [-0.05, 0) is 38.1 Å². The van der Waals surface area contributed by atoms with Gasteiger partial charge in [-0.3, -0.25) is 9.79 Å². The average molecular weight is 359 g/mol. The van der Waals surface area contributed by atoms with Crippen molar-refractivity contribution >= 4 is 23.2 Å². The van der Waals surface area contributed by atoms with Gasteiger partial charge < -0.3 is 16.0 Å². The number of hydrogen-bond acceptors (Lipinski definition) is 3. The van der Waals surface area contributed by atoms with E-state index in [4.69, 9.17) is 0 Å². The third-order valence-corrected chi connectivity index (χ3v) is 4.67. The molecule has 5 nitrogen and oxygen atoms in total. The van der Waals surface area contributed by atoms with Gasteiger partial charge >= 0.3 is 0 Å². The minimum atomic E-state index is -0.0632. The number of guanidine groups is 1. The standard InChI is InChI=1S/C19H26N4OS/c1-14(13-17-10-9-15(2)25-17)23-19(20-3)22-12-11-21-18(24)16-7-5-4-6-8-16/h4-10,14H,11-13H2,1-3H3,(H,21,24)(H2,20,22,23). The molecule has 0 aliphatic carbocycles. The maximum Gasteiger partial charge on any atom is 0.251 e. The molecule has 0 aliphatic rings. The summed E-state index contributed by atoms with van der Waals surface area (Å²) in [5, 5.41) is 9.49. The molecule has 1 atom stereocenters. The van der Waals surface area contributed by atoms with E-state index in [0.717, 1.165) is 12.4 Å². The lowest BCUT2D eigenvalue weighted by Crippen LogP contribution is -2.45. The summed E-state index contributed by atoms with van der Waals surface area (Å²) in [4.78, 5) is 18.9. The average Bonchev–Trinajstić information content (AvgIpc) is 3.02. The highest BCUT2D eigenvalue weighted by molar-refractivity contribution is 7.11. The second kappa shape index (κ2) is 9.84. The first-order valence-corrected chi connectivity index (χ1v) is 9.26. The van der Waals surface area contributed by atoms with Crippen LogP contribution in [-0.4, -0.2) is 38.0 Å². The first-order chi connectivity index (χ1) is 12.1. The second-order valence-corrected chi connectivity index (χ2v) is 7.26. The lowest BCUT2D eigenvalue weighted by Gasteiger charge is -2.17. The number of aliphatic imine (C=N–C) groups is 1. The van der Waals surface area contributed by atoms with Gasteiger partial charge in [0.05, 0.1) is 0 Å². The van der Waals surface area contributed by atoms with Crippen molar-refractivity contribution in [2.24, 2.45) is 4.99 Å². The van der Waals surface area contributed by atoms with Gasteiger partial charge in [0.2, 0.25) is 0 Å². The topological polar surface area (TPSA) is 65.5 Å². The molecule has 2 rings (SSSR count). The minimum Gasteiger partial charge on any atom is -0.355 e. The molecule has 1 heterocycles. The lowest BCUT2D eigenvalue weighted by atomic mass is 10.2. The van der Waals surface area contributed by atoms with Crippen molar-refractivity contribution in [1.82, 2.24) is 16.0 Å². The predicted octanol–water partition coefficient (Wildman–Crippen LogP) is 2.58. The Morgan fingerprint density at radius 1 is 1.12 bits per heavy atom. The SMILES string of the molecule is CN=C(NCCNC(=O)c1ccccc1)NC(C)Cc1ccc(C)s1. The van der Waals surface area contributed by atoms with E-state index in [2.05, 4.69) is 46.9 Å². The fourth-order valence-electron chi connectivity index (χ4n) is 2.42. The van der Waals surface area contributed by atoms with Crippen molar-refractivity contribution in [3.05, 3.63) is 57.8 Å². The third kappa shape index (κ3) is 6.58. The van der Waals surface area contributed by atoms with Crippen LogP contribution < -0.4 is 16.0 Å². The molecule has 0 saturated carbocycles. The number of carbonyl (C=O) groups is 1. The molecular weight excluding hydrogens is 332 g/mol.